The van der Waals surface area contributed by atoms with E-state index in [1.165, 1.54) is 11.2 Å². The van der Waals surface area contributed by atoms with Crippen molar-refractivity contribution in [1.82, 2.24) is 9.80 Å². The summed E-state index contributed by atoms with van der Waals surface area (Å²) < 4.78 is 11.1. The lowest BCUT2D eigenvalue weighted by molar-refractivity contribution is -0.139. The van der Waals surface area contributed by atoms with Crippen molar-refractivity contribution in [3.8, 4) is 0 Å². The molecular weight excluding hydrogens is 380 g/mol. The Morgan fingerprint density at radius 1 is 1.04 bits per heavy atom. The van der Waals surface area contributed by atoms with Crippen molar-refractivity contribution in [2.24, 2.45) is 0 Å². The summed E-state index contributed by atoms with van der Waals surface area (Å²) in [5.41, 5.74) is 1.49. The predicted octanol–water partition coefficient (Wildman–Crippen LogP) is 3.32. The number of amides is 2. The van der Waals surface area contributed by atoms with Crippen molar-refractivity contribution in [3.63, 3.8) is 0 Å². The smallest absolute Gasteiger partial charge is 0.278 e. The highest BCUT2D eigenvalue weighted by molar-refractivity contribution is 6.35. The Balaban J connectivity index is 1.76. The van der Waals surface area contributed by atoms with Gasteiger partial charge < -0.3 is 14.1 Å². The molecule has 1 saturated heterocycles. The van der Waals surface area contributed by atoms with Gasteiger partial charge in [-0.25, -0.2) is 0 Å². The van der Waals surface area contributed by atoms with E-state index in [9.17, 15) is 9.59 Å². The first-order valence-corrected chi connectivity index (χ1v) is 9.61. The van der Waals surface area contributed by atoms with E-state index in [2.05, 4.69) is 0 Å². The zero-order valence-corrected chi connectivity index (χ0v) is 16.5. The standard InChI is InChI=1S/C21H21ClN2O4/c1-13-10-23(11-14(2)28-13)19-18(15-5-7-16(22)8-6-15)20(25)24(21(19)26)12-17-4-3-9-27-17/h3-9,13-14H,10-12H2,1-2H3. The minimum Gasteiger partial charge on any atom is -0.467 e. The Kier molecular flexibility index (Phi) is 5.00. The molecule has 146 valence electrons. The van der Waals surface area contributed by atoms with Crippen LogP contribution < -0.4 is 0 Å². The van der Waals surface area contributed by atoms with Crippen LogP contribution in [0.25, 0.3) is 5.57 Å². The molecule has 2 unspecified atom stereocenters. The molecule has 1 aromatic carbocycles. The Morgan fingerprint density at radius 3 is 2.32 bits per heavy atom. The van der Waals surface area contributed by atoms with Crippen LogP contribution in [0.5, 0.6) is 0 Å². The van der Waals surface area contributed by atoms with Gasteiger partial charge in [0.05, 0.1) is 30.6 Å². The van der Waals surface area contributed by atoms with Gasteiger partial charge in [0, 0.05) is 18.1 Å². The molecule has 7 heteroatoms. The van der Waals surface area contributed by atoms with Gasteiger partial charge in [0.25, 0.3) is 11.8 Å². The third-order valence-electron chi connectivity index (χ3n) is 4.91. The van der Waals surface area contributed by atoms with E-state index in [0.717, 1.165) is 0 Å². The normalized spacial score (nSPS) is 23.1. The number of hydrogen-bond acceptors (Lipinski definition) is 5. The SMILES string of the molecule is CC1CN(C2=C(c3ccc(Cl)cc3)C(=O)N(Cc3ccco3)C2=O)CC(C)O1. The molecule has 1 aromatic heterocycles. The van der Waals surface area contributed by atoms with Crippen molar-refractivity contribution in [3.05, 3.63) is 64.7 Å². The second-order valence-corrected chi connectivity index (χ2v) is 7.61. The summed E-state index contributed by atoms with van der Waals surface area (Å²) in [6.07, 6.45) is 1.45. The van der Waals surface area contributed by atoms with E-state index in [1.807, 2.05) is 18.7 Å². The van der Waals surface area contributed by atoms with Crippen LogP contribution in [0.1, 0.15) is 25.2 Å². The summed E-state index contributed by atoms with van der Waals surface area (Å²) in [4.78, 5) is 29.8. The number of carbonyl (C=O) groups is 2. The molecule has 1 fully saturated rings. The fraction of sp³-hybridized carbons (Fsp3) is 0.333. The van der Waals surface area contributed by atoms with E-state index in [4.69, 9.17) is 20.8 Å². The van der Waals surface area contributed by atoms with Gasteiger partial charge in [-0.2, -0.15) is 0 Å². The third-order valence-corrected chi connectivity index (χ3v) is 5.16. The van der Waals surface area contributed by atoms with Gasteiger partial charge in [-0.1, -0.05) is 23.7 Å². The van der Waals surface area contributed by atoms with Gasteiger partial charge in [-0.05, 0) is 43.7 Å². The molecule has 0 saturated carbocycles. The Morgan fingerprint density at radius 2 is 1.71 bits per heavy atom. The predicted molar refractivity (Wildman–Crippen MR) is 104 cm³/mol. The quantitative estimate of drug-likeness (QED) is 0.737. The maximum Gasteiger partial charge on any atom is 0.278 e. The number of hydrogen-bond donors (Lipinski definition) is 0. The monoisotopic (exact) mass is 400 g/mol. The minimum absolute atomic E-state index is 0.0373. The number of halogens is 1. The number of carbonyl (C=O) groups excluding carboxylic acids is 2. The number of furan rings is 1. The lowest BCUT2D eigenvalue weighted by Crippen LogP contribution is -2.46. The second-order valence-electron chi connectivity index (χ2n) is 7.17. The molecule has 2 aliphatic heterocycles. The number of imide groups is 1. The molecule has 2 amide bonds. The highest BCUT2D eigenvalue weighted by Crippen LogP contribution is 2.34. The highest BCUT2D eigenvalue weighted by Gasteiger charge is 2.43. The zero-order valence-electron chi connectivity index (χ0n) is 15.7. The minimum atomic E-state index is -0.328. The molecule has 2 atom stereocenters. The molecule has 0 bridgehead atoms. The molecule has 2 aliphatic rings. The molecule has 4 rings (SSSR count). The largest absolute Gasteiger partial charge is 0.467 e. The number of benzene rings is 1. The summed E-state index contributed by atoms with van der Waals surface area (Å²) in [5.74, 6) is -0.0831. The molecular formula is C21H21ClN2O4. The average molecular weight is 401 g/mol. The fourth-order valence-electron chi connectivity index (χ4n) is 3.80. The summed E-state index contributed by atoms with van der Waals surface area (Å²) in [6.45, 7) is 5.12. The van der Waals surface area contributed by atoms with E-state index in [1.54, 1.807) is 36.4 Å². The van der Waals surface area contributed by atoms with Crippen LogP contribution in [0.3, 0.4) is 0 Å². The molecule has 6 nitrogen and oxygen atoms in total. The topological polar surface area (TPSA) is 63.0 Å². The van der Waals surface area contributed by atoms with E-state index < -0.39 is 0 Å². The van der Waals surface area contributed by atoms with Crippen LogP contribution in [-0.2, 0) is 20.9 Å². The lowest BCUT2D eigenvalue weighted by Gasteiger charge is -2.37. The van der Waals surface area contributed by atoms with E-state index >= 15 is 0 Å². The number of rotatable bonds is 4. The average Bonchev–Trinajstić information content (AvgIpc) is 3.24. The summed E-state index contributed by atoms with van der Waals surface area (Å²) in [5, 5.41) is 0.573. The first kappa shape index (κ1) is 18.8. The van der Waals surface area contributed by atoms with Gasteiger partial charge >= 0.3 is 0 Å². The summed E-state index contributed by atoms with van der Waals surface area (Å²) >= 11 is 6.01. The van der Waals surface area contributed by atoms with E-state index in [-0.39, 0.29) is 30.6 Å². The van der Waals surface area contributed by atoms with Crippen LogP contribution in [-0.4, -0.2) is 46.9 Å². The molecule has 2 aromatic rings. The Labute approximate surface area is 168 Å². The molecule has 0 radical (unpaired) electrons. The summed E-state index contributed by atoms with van der Waals surface area (Å²) in [6, 6.07) is 10.5. The summed E-state index contributed by atoms with van der Waals surface area (Å²) in [7, 11) is 0. The highest BCUT2D eigenvalue weighted by atomic mass is 35.5. The van der Waals surface area contributed by atoms with Gasteiger partial charge in [-0.15, -0.1) is 0 Å². The maximum absolute atomic E-state index is 13.3. The van der Waals surface area contributed by atoms with Crippen molar-refractivity contribution >= 4 is 29.0 Å². The van der Waals surface area contributed by atoms with Gasteiger partial charge in [0.1, 0.15) is 11.5 Å². The Hall–Kier alpha value is -2.57. The van der Waals surface area contributed by atoms with Gasteiger partial charge in [0.2, 0.25) is 0 Å². The van der Waals surface area contributed by atoms with E-state index in [0.29, 0.717) is 40.7 Å². The molecule has 3 heterocycles. The molecule has 28 heavy (non-hydrogen) atoms. The Bertz CT molecular complexity index is 910. The van der Waals surface area contributed by atoms with Crippen LogP contribution in [0.2, 0.25) is 5.02 Å². The number of morpholine rings is 1. The van der Waals surface area contributed by atoms with Crippen molar-refractivity contribution in [2.45, 2.75) is 32.6 Å². The van der Waals surface area contributed by atoms with Crippen molar-refractivity contribution in [2.75, 3.05) is 13.1 Å². The second kappa shape index (κ2) is 7.45. The van der Waals surface area contributed by atoms with Crippen LogP contribution in [0.4, 0.5) is 0 Å². The first-order chi connectivity index (χ1) is 13.4. The lowest BCUT2D eigenvalue weighted by atomic mass is 10.0. The zero-order chi connectivity index (χ0) is 19.8. The third kappa shape index (κ3) is 3.45. The van der Waals surface area contributed by atoms with Crippen LogP contribution in [0, 0.1) is 0 Å². The molecule has 0 N–H and O–H groups in total. The maximum atomic E-state index is 13.3. The van der Waals surface area contributed by atoms with Crippen molar-refractivity contribution in [1.29, 1.82) is 0 Å². The van der Waals surface area contributed by atoms with Gasteiger partial charge in [0.15, 0.2) is 0 Å². The number of nitrogens with zero attached hydrogens (tertiary/aromatic N) is 2. The van der Waals surface area contributed by atoms with Gasteiger partial charge in [-0.3, -0.25) is 14.5 Å². The number of ether oxygens (including phenoxy) is 1. The van der Waals surface area contributed by atoms with Crippen molar-refractivity contribution < 1.29 is 18.7 Å². The fourth-order valence-corrected chi connectivity index (χ4v) is 3.92. The van der Waals surface area contributed by atoms with Crippen LogP contribution in [0.15, 0.2) is 52.8 Å². The van der Waals surface area contributed by atoms with Crippen LogP contribution >= 0.6 is 11.6 Å². The first-order valence-electron chi connectivity index (χ1n) is 9.23. The molecule has 0 aliphatic carbocycles. The molecule has 0 spiro atoms.